The van der Waals surface area contributed by atoms with Crippen LogP contribution in [0.4, 0.5) is 10.1 Å². The van der Waals surface area contributed by atoms with Crippen LogP contribution in [0.1, 0.15) is 16.1 Å². The predicted octanol–water partition coefficient (Wildman–Crippen LogP) is 2.94. The van der Waals surface area contributed by atoms with Gasteiger partial charge in [-0.3, -0.25) is 9.59 Å². The van der Waals surface area contributed by atoms with Crippen molar-refractivity contribution in [3.63, 3.8) is 0 Å². The van der Waals surface area contributed by atoms with E-state index in [1.54, 1.807) is 35.2 Å². The molecule has 1 fully saturated rings. The maximum atomic E-state index is 13.1. The van der Waals surface area contributed by atoms with E-state index in [1.165, 1.54) is 18.2 Å². The van der Waals surface area contributed by atoms with E-state index in [0.29, 0.717) is 37.1 Å². The number of rotatable bonds is 2. The number of hydrogen-bond donors (Lipinski definition) is 1. The number of H-pyrrole nitrogens is 1. The monoisotopic (exact) mass is 365 g/mol. The maximum Gasteiger partial charge on any atom is 0.254 e. The molecule has 1 N–H and O–H groups in total. The SMILES string of the molecule is Cc1cc(=O)c2cc(C(=O)N3CCN(c4ccc(F)cc4)CC3)ccc2[nH]1. The Hall–Kier alpha value is -3.15. The number of hydrogen-bond acceptors (Lipinski definition) is 3. The summed E-state index contributed by atoms with van der Waals surface area (Å²) in [4.78, 5) is 32.1. The second-order valence-corrected chi connectivity index (χ2v) is 6.83. The first-order valence-corrected chi connectivity index (χ1v) is 8.95. The molecule has 1 amide bonds. The fraction of sp³-hybridized carbons (Fsp3) is 0.238. The molecule has 0 unspecified atom stereocenters. The number of aromatic nitrogens is 1. The number of amides is 1. The fourth-order valence-electron chi connectivity index (χ4n) is 3.52. The van der Waals surface area contributed by atoms with Crippen LogP contribution in [0.3, 0.4) is 0 Å². The molecule has 4 rings (SSSR count). The van der Waals surface area contributed by atoms with Crippen LogP contribution in [0.15, 0.2) is 53.3 Å². The van der Waals surface area contributed by atoms with Gasteiger partial charge in [-0.05, 0) is 49.4 Å². The van der Waals surface area contributed by atoms with Crippen LogP contribution in [0.25, 0.3) is 10.9 Å². The molecule has 0 spiro atoms. The van der Waals surface area contributed by atoms with Gasteiger partial charge in [-0.25, -0.2) is 4.39 Å². The highest BCUT2D eigenvalue weighted by molar-refractivity contribution is 5.98. The molecule has 138 valence electrons. The minimum atomic E-state index is -0.256. The van der Waals surface area contributed by atoms with Gasteiger partial charge >= 0.3 is 0 Å². The lowest BCUT2D eigenvalue weighted by atomic mass is 10.1. The minimum absolute atomic E-state index is 0.0735. The van der Waals surface area contributed by atoms with E-state index in [0.717, 1.165) is 16.9 Å². The van der Waals surface area contributed by atoms with E-state index < -0.39 is 0 Å². The third-order valence-electron chi connectivity index (χ3n) is 4.97. The third-order valence-corrected chi connectivity index (χ3v) is 4.97. The molecule has 0 aliphatic carbocycles. The minimum Gasteiger partial charge on any atom is -0.368 e. The topological polar surface area (TPSA) is 56.4 Å². The Labute approximate surface area is 156 Å². The number of fused-ring (bicyclic) bond motifs is 1. The van der Waals surface area contributed by atoms with Gasteiger partial charge < -0.3 is 14.8 Å². The van der Waals surface area contributed by atoms with E-state index in [1.807, 2.05) is 6.92 Å². The number of benzene rings is 2. The number of aryl methyl sites for hydroxylation is 1. The van der Waals surface area contributed by atoms with Crippen LogP contribution in [0, 0.1) is 12.7 Å². The molecule has 2 heterocycles. The van der Waals surface area contributed by atoms with Crippen molar-refractivity contribution >= 4 is 22.5 Å². The number of nitrogens with zero attached hydrogens (tertiary/aromatic N) is 2. The van der Waals surface area contributed by atoms with Gasteiger partial charge in [-0.1, -0.05) is 0 Å². The van der Waals surface area contributed by atoms with Crippen LogP contribution in [0.5, 0.6) is 0 Å². The Morgan fingerprint density at radius 2 is 1.70 bits per heavy atom. The molecule has 1 aromatic heterocycles. The van der Waals surface area contributed by atoms with Crippen molar-refractivity contribution in [1.82, 2.24) is 9.88 Å². The molecule has 27 heavy (non-hydrogen) atoms. The molecule has 0 saturated carbocycles. The average Bonchev–Trinajstić information content (AvgIpc) is 2.68. The van der Waals surface area contributed by atoms with Crippen molar-refractivity contribution in [2.24, 2.45) is 0 Å². The summed E-state index contributed by atoms with van der Waals surface area (Å²) in [6.45, 7) is 4.37. The van der Waals surface area contributed by atoms with E-state index >= 15 is 0 Å². The van der Waals surface area contributed by atoms with Crippen molar-refractivity contribution < 1.29 is 9.18 Å². The highest BCUT2D eigenvalue weighted by atomic mass is 19.1. The number of piperazine rings is 1. The molecule has 2 aromatic carbocycles. The van der Waals surface area contributed by atoms with Crippen molar-refractivity contribution in [2.45, 2.75) is 6.92 Å². The zero-order chi connectivity index (χ0) is 19.0. The summed E-state index contributed by atoms with van der Waals surface area (Å²) >= 11 is 0. The predicted molar refractivity (Wildman–Crippen MR) is 104 cm³/mol. The summed E-state index contributed by atoms with van der Waals surface area (Å²) in [5, 5.41) is 0.524. The Bertz CT molecular complexity index is 1050. The van der Waals surface area contributed by atoms with Gasteiger partial charge in [0.2, 0.25) is 0 Å². The molecular weight excluding hydrogens is 345 g/mol. The Morgan fingerprint density at radius 1 is 1.00 bits per heavy atom. The number of pyridine rings is 1. The zero-order valence-electron chi connectivity index (χ0n) is 15.0. The summed E-state index contributed by atoms with van der Waals surface area (Å²) in [6, 6.07) is 13.1. The van der Waals surface area contributed by atoms with Crippen molar-refractivity contribution in [1.29, 1.82) is 0 Å². The maximum absolute atomic E-state index is 13.1. The normalized spacial score (nSPS) is 14.6. The molecule has 0 bridgehead atoms. The van der Waals surface area contributed by atoms with Crippen LogP contribution in [-0.4, -0.2) is 42.0 Å². The summed E-state index contributed by atoms with van der Waals surface area (Å²) < 4.78 is 13.1. The number of carbonyl (C=O) groups excluding carboxylic acids is 1. The van der Waals surface area contributed by atoms with E-state index in [2.05, 4.69) is 9.88 Å². The van der Waals surface area contributed by atoms with Gasteiger partial charge in [-0.15, -0.1) is 0 Å². The zero-order valence-corrected chi connectivity index (χ0v) is 15.0. The van der Waals surface area contributed by atoms with Gasteiger partial charge in [0.15, 0.2) is 5.43 Å². The van der Waals surface area contributed by atoms with Crippen LogP contribution in [0.2, 0.25) is 0 Å². The number of carbonyl (C=O) groups is 1. The molecule has 5 nitrogen and oxygen atoms in total. The fourth-order valence-corrected chi connectivity index (χ4v) is 3.52. The lowest BCUT2D eigenvalue weighted by molar-refractivity contribution is 0.0747. The van der Waals surface area contributed by atoms with Gasteiger partial charge in [-0.2, -0.15) is 0 Å². The largest absolute Gasteiger partial charge is 0.368 e. The third kappa shape index (κ3) is 3.43. The number of halogens is 1. The summed E-state index contributed by atoms with van der Waals surface area (Å²) in [7, 11) is 0. The number of aromatic amines is 1. The van der Waals surface area contributed by atoms with E-state index in [-0.39, 0.29) is 17.2 Å². The summed E-state index contributed by atoms with van der Waals surface area (Å²) in [5.74, 6) is -0.329. The van der Waals surface area contributed by atoms with Crippen LogP contribution >= 0.6 is 0 Å². The van der Waals surface area contributed by atoms with Crippen LogP contribution < -0.4 is 10.3 Å². The van der Waals surface area contributed by atoms with E-state index in [4.69, 9.17) is 0 Å². The van der Waals surface area contributed by atoms with Crippen molar-refractivity contribution in [2.75, 3.05) is 31.1 Å². The Kier molecular flexibility index (Phi) is 4.39. The first kappa shape index (κ1) is 17.3. The molecule has 3 aromatic rings. The van der Waals surface area contributed by atoms with Gasteiger partial charge in [0.05, 0.1) is 0 Å². The summed E-state index contributed by atoms with van der Waals surface area (Å²) in [5.41, 5.74) is 2.92. The highest BCUT2D eigenvalue weighted by Gasteiger charge is 2.22. The molecular formula is C21H20FN3O2. The second-order valence-electron chi connectivity index (χ2n) is 6.83. The van der Waals surface area contributed by atoms with Crippen molar-refractivity contribution in [3.05, 3.63) is 75.8 Å². The summed E-state index contributed by atoms with van der Waals surface area (Å²) in [6.07, 6.45) is 0. The van der Waals surface area contributed by atoms with Crippen LogP contribution in [-0.2, 0) is 0 Å². The number of anilines is 1. The average molecular weight is 365 g/mol. The molecule has 1 aliphatic heterocycles. The Balaban J connectivity index is 1.50. The molecule has 1 aliphatic rings. The quantitative estimate of drug-likeness (QED) is 0.760. The molecule has 1 saturated heterocycles. The van der Waals surface area contributed by atoms with Gasteiger partial charge in [0.25, 0.3) is 5.91 Å². The molecule has 0 atom stereocenters. The highest BCUT2D eigenvalue weighted by Crippen LogP contribution is 2.19. The molecule has 6 heteroatoms. The number of nitrogens with one attached hydrogen (secondary N) is 1. The van der Waals surface area contributed by atoms with Gasteiger partial charge in [0, 0.05) is 60.1 Å². The lowest BCUT2D eigenvalue weighted by Crippen LogP contribution is -2.48. The molecule has 0 radical (unpaired) electrons. The van der Waals surface area contributed by atoms with Crippen molar-refractivity contribution in [3.8, 4) is 0 Å². The standard InChI is InChI=1S/C21H20FN3O2/c1-14-12-20(26)18-13-15(2-7-19(18)23-14)21(27)25-10-8-24(9-11-25)17-5-3-16(22)4-6-17/h2-7,12-13H,8-11H2,1H3,(H,23,26). The first-order valence-electron chi connectivity index (χ1n) is 8.95. The lowest BCUT2D eigenvalue weighted by Gasteiger charge is -2.36. The Morgan fingerprint density at radius 3 is 2.41 bits per heavy atom. The van der Waals surface area contributed by atoms with E-state index in [9.17, 15) is 14.0 Å². The smallest absolute Gasteiger partial charge is 0.254 e. The first-order chi connectivity index (χ1) is 13.0. The second kappa shape index (κ2) is 6.87. The van der Waals surface area contributed by atoms with Gasteiger partial charge in [0.1, 0.15) is 5.82 Å².